The Morgan fingerprint density at radius 2 is 2.08 bits per heavy atom. The second kappa shape index (κ2) is 6.55. The van der Waals surface area contributed by atoms with Crippen molar-refractivity contribution < 1.29 is 23.5 Å². The molecule has 2 aromatic rings. The number of benzene rings is 1. The number of methoxy groups -OCH3 is 1. The average molecular weight is 357 g/mol. The number of aryl methyl sites for hydroxylation is 1. The molecule has 8 nitrogen and oxygen atoms in total. The van der Waals surface area contributed by atoms with Gasteiger partial charge in [-0.1, -0.05) is 6.07 Å². The van der Waals surface area contributed by atoms with E-state index in [0.717, 1.165) is 4.90 Å². The van der Waals surface area contributed by atoms with Crippen molar-refractivity contribution in [1.29, 1.82) is 0 Å². The molecule has 8 heteroatoms. The van der Waals surface area contributed by atoms with Gasteiger partial charge >= 0.3 is 6.03 Å². The monoisotopic (exact) mass is 357 g/mol. The number of urea groups is 1. The molecule has 1 atom stereocenters. The molecule has 0 bridgehead atoms. The maximum Gasteiger partial charge on any atom is 0.325 e. The first-order valence-electron chi connectivity index (χ1n) is 7.98. The van der Waals surface area contributed by atoms with Gasteiger partial charge in [0.05, 0.1) is 7.11 Å². The van der Waals surface area contributed by atoms with Crippen LogP contribution >= 0.6 is 0 Å². The molecule has 3 rings (SSSR count). The summed E-state index contributed by atoms with van der Waals surface area (Å²) in [6, 6.07) is 9.47. The molecule has 26 heavy (non-hydrogen) atoms. The van der Waals surface area contributed by atoms with Crippen molar-refractivity contribution in [3.63, 3.8) is 0 Å². The normalized spacial score (nSPS) is 19.4. The average Bonchev–Trinajstić information content (AvgIpc) is 3.13. The van der Waals surface area contributed by atoms with Crippen molar-refractivity contribution >= 4 is 23.5 Å². The smallest absolute Gasteiger partial charge is 0.325 e. The zero-order valence-electron chi connectivity index (χ0n) is 14.7. The number of imide groups is 1. The van der Waals surface area contributed by atoms with Gasteiger partial charge in [0.25, 0.3) is 5.91 Å². The van der Waals surface area contributed by atoms with Gasteiger partial charge in [-0.2, -0.15) is 0 Å². The van der Waals surface area contributed by atoms with Crippen LogP contribution in [0.4, 0.5) is 10.5 Å². The van der Waals surface area contributed by atoms with Crippen LogP contribution in [0.3, 0.4) is 0 Å². The molecular formula is C18H19N3O5. The number of nitrogens with one attached hydrogen (secondary N) is 2. The number of hydrogen-bond acceptors (Lipinski definition) is 5. The van der Waals surface area contributed by atoms with Crippen LogP contribution in [0.2, 0.25) is 0 Å². The molecular weight excluding hydrogens is 338 g/mol. The highest BCUT2D eigenvalue weighted by Gasteiger charge is 2.51. The lowest BCUT2D eigenvalue weighted by Crippen LogP contribution is -2.41. The molecule has 1 saturated heterocycles. The second-order valence-electron chi connectivity index (χ2n) is 6.14. The fourth-order valence-electron chi connectivity index (χ4n) is 2.76. The summed E-state index contributed by atoms with van der Waals surface area (Å²) in [5.41, 5.74) is -0.826. The molecule has 2 N–H and O–H groups in total. The molecule has 1 aromatic carbocycles. The molecule has 0 spiro atoms. The second-order valence-corrected chi connectivity index (χ2v) is 6.14. The molecule has 136 valence electrons. The summed E-state index contributed by atoms with van der Waals surface area (Å²) >= 11 is 0. The van der Waals surface area contributed by atoms with Crippen molar-refractivity contribution in [3.05, 3.63) is 47.9 Å². The van der Waals surface area contributed by atoms with Crippen LogP contribution in [0.25, 0.3) is 0 Å². The third-order valence-corrected chi connectivity index (χ3v) is 4.16. The first kappa shape index (κ1) is 17.5. The minimum Gasteiger partial charge on any atom is -0.497 e. The highest BCUT2D eigenvalue weighted by molar-refractivity contribution is 6.10. The molecule has 1 aliphatic heterocycles. The third kappa shape index (κ3) is 3.13. The summed E-state index contributed by atoms with van der Waals surface area (Å²) in [7, 11) is 1.52. The number of anilines is 1. The predicted molar refractivity (Wildman–Crippen MR) is 92.7 cm³/mol. The number of amides is 4. The van der Waals surface area contributed by atoms with Crippen LogP contribution in [0.15, 0.2) is 40.8 Å². The van der Waals surface area contributed by atoms with Gasteiger partial charge in [-0.05, 0) is 38.1 Å². The van der Waals surface area contributed by atoms with Crippen LogP contribution in [-0.2, 0) is 15.1 Å². The molecule has 0 aliphatic carbocycles. The van der Waals surface area contributed by atoms with E-state index in [9.17, 15) is 14.4 Å². The summed E-state index contributed by atoms with van der Waals surface area (Å²) < 4.78 is 10.6. The van der Waals surface area contributed by atoms with Crippen LogP contribution < -0.4 is 15.4 Å². The molecule has 0 radical (unpaired) electrons. The fourth-order valence-corrected chi connectivity index (χ4v) is 2.76. The van der Waals surface area contributed by atoms with Gasteiger partial charge in [0, 0.05) is 11.8 Å². The maximum absolute atomic E-state index is 12.7. The van der Waals surface area contributed by atoms with Crippen molar-refractivity contribution in [2.45, 2.75) is 19.4 Å². The number of carbonyl (C=O) groups is 3. The Morgan fingerprint density at radius 3 is 2.73 bits per heavy atom. The summed E-state index contributed by atoms with van der Waals surface area (Å²) in [5, 5.41) is 5.23. The lowest BCUT2D eigenvalue weighted by Gasteiger charge is -2.19. The zero-order chi connectivity index (χ0) is 18.9. The van der Waals surface area contributed by atoms with Crippen molar-refractivity contribution in [2.75, 3.05) is 19.0 Å². The van der Waals surface area contributed by atoms with E-state index in [0.29, 0.717) is 23.0 Å². The number of carbonyl (C=O) groups excluding carboxylic acids is 3. The van der Waals surface area contributed by atoms with Crippen molar-refractivity contribution in [2.24, 2.45) is 0 Å². The number of ether oxygens (including phenoxy) is 1. The summed E-state index contributed by atoms with van der Waals surface area (Å²) in [6.45, 7) is 2.89. The highest BCUT2D eigenvalue weighted by atomic mass is 16.5. The molecule has 2 heterocycles. The van der Waals surface area contributed by atoms with Gasteiger partial charge in [0.15, 0.2) is 5.54 Å². The van der Waals surface area contributed by atoms with E-state index in [1.165, 1.54) is 7.11 Å². The number of furan rings is 1. The van der Waals surface area contributed by atoms with Gasteiger partial charge in [0.1, 0.15) is 23.8 Å². The summed E-state index contributed by atoms with van der Waals surface area (Å²) in [6.07, 6.45) is 0. The molecule has 1 fully saturated rings. The standard InChI is InChI=1S/C18H19N3O5/c1-11-7-8-14(26-11)18(2)16(23)21(17(24)20-18)10-15(22)19-12-5-4-6-13(9-12)25-3/h4-9H,10H2,1-3H3,(H,19,22)(H,20,24)/t18-/m0/s1. The van der Waals surface area contributed by atoms with Gasteiger partial charge in [-0.15, -0.1) is 0 Å². The lowest BCUT2D eigenvalue weighted by molar-refractivity contribution is -0.134. The minimum atomic E-state index is -1.33. The molecule has 1 aromatic heterocycles. The van der Waals surface area contributed by atoms with E-state index in [-0.39, 0.29) is 0 Å². The van der Waals surface area contributed by atoms with E-state index in [2.05, 4.69) is 10.6 Å². The topological polar surface area (TPSA) is 101 Å². The number of nitrogens with zero attached hydrogens (tertiary/aromatic N) is 1. The van der Waals surface area contributed by atoms with Crippen LogP contribution in [0.1, 0.15) is 18.4 Å². The quantitative estimate of drug-likeness (QED) is 0.797. The molecule has 4 amide bonds. The van der Waals surface area contributed by atoms with E-state index in [4.69, 9.17) is 9.15 Å². The first-order valence-corrected chi connectivity index (χ1v) is 7.98. The molecule has 1 aliphatic rings. The van der Waals surface area contributed by atoms with Gasteiger partial charge in [-0.25, -0.2) is 4.79 Å². The minimum absolute atomic E-state index is 0.323. The predicted octanol–water partition coefficient (Wildman–Crippen LogP) is 2.00. The van der Waals surface area contributed by atoms with E-state index in [1.54, 1.807) is 50.2 Å². The Labute approximate surface area is 150 Å². The van der Waals surface area contributed by atoms with Crippen LogP contribution in [-0.4, -0.2) is 36.4 Å². The Morgan fingerprint density at radius 1 is 1.31 bits per heavy atom. The molecule has 0 saturated carbocycles. The number of rotatable bonds is 5. The number of hydrogen-bond donors (Lipinski definition) is 2. The Bertz CT molecular complexity index is 875. The lowest BCUT2D eigenvalue weighted by atomic mass is 9.99. The van der Waals surface area contributed by atoms with Gasteiger partial charge in [0.2, 0.25) is 5.91 Å². The highest BCUT2D eigenvalue weighted by Crippen LogP contribution is 2.30. The van der Waals surface area contributed by atoms with E-state index in [1.807, 2.05) is 0 Å². The Kier molecular flexibility index (Phi) is 4.41. The SMILES string of the molecule is COc1cccc(NC(=O)CN2C(=O)N[C@@](C)(c3ccc(C)o3)C2=O)c1. The Hall–Kier alpha value is -3.29. The zero-order valence-corrected chi connectivity index (χ0v) is 14.7. The van der Waals surface area contributed by atoms with Crippen LogP contribution in [0, 0.1) is 6.92 Å². The van der Waals surface area contributed by atoms with E-state index < -0.39 is 29.9 Å². The first-order chi connectivity index (χ1) is 12.3. The Balaban J connectivity index is 1.72. The van der Waals surface area contributed by atoms with Crippen molar-refractivity contribution in [3.8, 4) is 5.75 Å². The fraction of sp³-hybridized carbons (Fsp3) is 0.278. The van der Waals surface area contributed by atoms with E-state index >= 15 is 0 Å². The summed E-state index contributed by atoms with van der Waals surface area (Å²) in [5.74, 6) is 0.486. The van der Waals surface area contributed by atoms with Crippen LogP contribution in [0.5, 0.6) is 5.75 Å². The van der Waals surface area contributed by atoms with Gasteiger partial charge in [-0.3, -0.25) is 14.5 Å². The third-order valence-electron chi connectivity index (χ3n) is 4.16. The van der Waals surface area contributed by atoms with Crippen molar-refractivity contribution in [1.82, 2.24) is 10.2 Å². The largest absolute Gasteiger partial charge is 0.497 e. The maximum atomic E-state index is 12.7. The molecule has 0 unspecified atom stereocenters. The summed E-state index contributed by atoms with van der Waals surface area (Å²) in [4.78, 5) is 38.1. The van der Waals surface area contributed by atoms with Gasteiger partial charge < -0.3 is 19.8 Å².